The van der Waals surface area contributed by atoms with Crippen molar-refractivity contribution in [3.05, 3.63) is 0 Å². The van der Waals surface area contributed by atoms with Gasteiger partial charge < -0.3 is 20.4 Å². The molecule has 0 aromatic rings. The summed E-state index contributed by atoms with van der Waals surface area (Å²) in [4.78, 5) is 41.8. The van der Waals surface area contributed by atoms with E-state index in [2.05, 4.69) is 26.1 Å². The summed E-state index contributed by atoms with van der Waals surface area (Å²) in [6, 6.07) is 0. The first-order chi connectivity index (χ1) is 19.8. The number of aliphatic carboxylic acids is 1. The maximum atomic E-state index is 12.5. The number of carbonyl (C=O) groups is 3. The average molecular weight is 612 g/mol. The number of rotatable bonds is 12. The van der Waals surface area contributed by atoms with Gasteiger partial charge in [0.05, 0.1) is 0 Å². The second kappa shape index (κ2) is 15.1. The van der Waals surface area contributed by atoms with Crippen LogP contribution in [0.15, 0.2) is 0 Å². The molecule has 0 radical (unpaired) electrons. The van der Waals surface area contributed by atoms with Crippen LogP contribution < -0.4 is 5.32 Å². The first kappa shape index (κ1) is 35.1. The van der Waals surface area contributed by atoms with E-state index in [0.29, 0.717) is 29.7 Å². The third kappa shape index (κ3) is 8.40. The lowest BCUT2D eigenvalue weighted by atomic mass is 9.44. The monoisotopic (exact) mass is 611 g/mol. The largest absolute Gasteiger partial charge is 0.483 e. The highest BCUT2D eigenvalue weighted by molar-refractivity contribution is 7.58. The molecule has 9 unspecified atom stereocenters. The van der Waals surface area contributed by atoms with Crippen LogP contribution in [0.4, 0.5) is 0 Å². The minimum Gasteiger partial charge on any atom is -0.483 e. The molecule has 4 fully saturated rings. The maximum Gasteiger partial charge on any atom is 0.303 e. The lowest BCUT2D eigenvalue weighted by molar-refractivity contribution is -0.137. The van der Waals surface area contributed by atoms with Crippen molar-refractivity contribution in [3.63, 3.8) is 0 Å². The highest BCUT2D eigenvalue weighted by atomic mass is 31.2. The van der Waals surface area contributed by atoms with Gasteiger partial charge in [-0.3, -0.25) is 18.9 Å². The molecular formula is C33H58NO7P. The first-order valence-corrected chi connectivity index (χ1v) is 18.7. The molecule has 0 bridgehead atoms. The van der Waals surface area contributed by atoms with Gasteiger partial charge in [-0.25, -0.2) is 0 Å². The molecule has 242 valence electrons. The summed E-state index contributed by atoms with van der Waals surface area (Å²) >= 11 is 0. The van der Waals surface area contributed by atoms with Crippen LogP contribution in [0.5, 0.6) is 0 Å². The van der Waals surface area contributed by atoms with Gasteiger partial charge in [-0.2, -0.15) is 0 Å². The molecule has 42 heavy (non-hydrogen) atoms. The predicted molar refractivity (Wildman–Crippen MR) is 166 cm³/mol. The first-order valence-electron chi connectivity index (χ1n) is 16.6. The smallest absolute Gasteiger partial charge is 0.303 e. The van der Waals surface area contributed by atoms with Gasteiger partial charge in [0.15, 0.2) is 0 Å². The molecular weight excluding hydrogens is 553 g/mol. The summed E-state index contributed by atoms with van der Waals surface area (Å²) in [5, 5.41) is 18.7. The fraction of sp³-hybridized carbons (Fsp3) is 0.909. The second-order valence-electron chi connectivity index (χ2n) is 14.9. The van der Waals surface area contributed by atoms with E-state index in [1.165, 1.54) is 64.2 Å². The molecule has 0 aromatic carbocycles. The van der Waals surface area contributed by atoms with E-state index >= 15 is 0 Å². The van der Waals surface area contributed by atoms with Crippen LogP contribution in [0, 0.1) is 52.3 Å². The molecule has 0 heterocycles. The van der Waals surface area contributed by atoms with Crippen LogP contribution in [0.2, 0.25) is 0 Å². The number of hydrogen-bond donors (Lipinski definition) is 4. The number of nitrogens with one attached hydrogen (secondary N) is 1. The number of carboxylic acids is 1. The predicted octanol–water partition coefficient (Wildman–Crippen LogP) is 7.04. The van der Waals surface area contributed by atoms with Gasteiger partial charge >= 0.3 is 5.97 Å². The maximum absolute atomic E-state index is 12.5. The molecule has 1 amide bonds. The lowest BCUT2D eigenvalue weighted by Gasteiger charge is -2.61. The van der Waals surface area contributed by atoms with Gasteiger partial charge in [-0.1, -0.05) is 40.5 Å². The standard InChI is InChI=1S/C32H56NO5P.CH2O2/c1-22(8-13-30(35)36)21-39(37,38)20-16-29(34)33-19-15-23(2)26-11-12-27-25-10-9-24-7-5-6-17-31(24,3)28(25)14-18-32(26,27)4;2-1-3/h22-28H,5-21H2,1-4H3,(H,33,34)(H,35,36)(H,37,38);1H,(H,2,3)/t22?,23-,24?,25?,26?,27?,28?,31?,32?;/m1./s1. The molecule has 4 aliphatic carbocycles. The van der Waals surface area contributed by atoms with E-state index < -0.39 is 13.3 Å². The average Bonchev–Trinajstić information content (AvgIpc) is 3.28. The highest BCUT2D eigenvalue weighted by Gasteiger charge is 2.60. The van der Waals surface area contributed by atoms with Crippen molar-refractivity contribution >= 4 is 25.7 Å². The SMILES string of the molecule is CC(CCC(=O)O)CP(=O)(O)CCC(=O)NCC[C@@H](C)C1CCC2C3CCC4CCCCC4(C)C3CCC21C.O=CO. The zero-order valence-corrected chi connectivity index (χ0v) is 27.5. The third-order valence-electron chi connectivity index (χ3n) is 12.4. The minimum atomic E-state index is -3.44. The van der Waals surface area contributed by atoms with E-state index in [-0.39, 0.29) is 43.5 Å². The van der Waals surface area contributed by atoms with E-state index in [9.17, 15) is 19.0 Å². The van der Waals surface area contributed by atoms with Crippen LogP contribution in [-0.2, 0) is 18.9 Å². The van der Waals surface area contributed by atoms with Crippen molar-refractivity contribution in [2.75, 3.05) is 18.9 Å². The quantitative estimate of drug-likeness (QED) is 0.137. The van der Waals surface area contributed by atoms with Crippen LogP contribution >= 0.6 is 7.37 Å². The molecule has 0 aromatic heterocycles. The Labute approximate surface area is 253 Å². The molecule has 0 spiro atoms. The van der Waals surface area contributed by atoms with E-state index in [1.54, 1.807) is 6.92 Å². The Morgan fingerprint density at radius 2 is 1.64 bits per heavy atom. The molecule has 4 N–H and O–H groups in total. The molecule has 0 saturated heterocycles. The Kier molecular flexibility index (Phi) is 12.6. The van der Waals surface area contributed by atoms with Crippen molar-refractivity contribution in [2.45, 2.75) is 118 Å². The normalized spacial score (nSPS) is 36.5. The van der Waals surface area contributed by atoms with Crippen LogP contribution in [-0.4, -0.2) is 52.3 Å². The summed E-state index contributed by atoms with van der Waals surface area (Å²) < 4.78 is 12.5. The van der Waals surface area contributed by atoms with E-state index in [1.807, 2.05) is 0 Å². The Balaban J connectivity index is 0.00000155. The molecule has 4 aliphatic rings. The van der Waals surface area contributed by atoms with Crippen LogP contribution in [0.3, 0.4) is 0 Å². The fourth-order valence-corrected chi connectivity index (χ4v) is 12.2. The molecule has 8 nitrogen and oxygen atoms in total. The number of hydrogen-bond acceptors (Lipinski definition) is 4. The molecule has 4 saturated carbocycles. The highest BCUT2D eigenvalue weighted by Crippen LogP contribution is 2.68. The Hall–Kier alpha value is -1.40. The third-order valence-corrected chi connectivity index (χ3v) is 14.5. The summed E-state index contributed by atoms with van der Waals surface area (Å²) in [7, 11) is -3.44. The van der Waals surface area contributed by atoms with E-state index in [4.69, 9.17) is 15.0 Å². The lowest BCUT2D eigenvalue weighted by Crippen LogP contribution is -2.53. The summed E-state index contributed by atoms with van der Waals surface area (Å²) in [5.41, 5.74) is 1.02. The van der Waals surface area contributed by atoms with Gasteiger partial charge in [-0.15, -0.1) is 0 Å². The second-order valence-corrected chi connectivity index (χ2v) is 17.4. The van der Waals surface area contributed by atoms with Crippen molar-refractivity contribution in [1.29, 1.82) is 0 Å². The Bertz CT molecular complexity index is 974. The zero-order chi connectivity index (χ0) is 31.1. The van der Waals surface area contributed by atoms with Crippen LogP contribution in [0.25, 0.3) is 0 Å². The number of amides is 1. The number of fused-ring (bicyclic) bond motifs is 5. The Morgan fingerprint density at radius 3 is 2.33 bits per heavy atom. The number of carboxylic acid groups (broad SMARTS) is 2. The van der Waals surface area contributed by atoms with Gasteiger partial charge in [0.2, 0.25) is 13.3 Å². The molecule has 4 rings (SSSR count). The molecule has 10 atom stereocenters. The van der Waals surface area contributed by atoms with Crippen molar-refractivity contribution in [1.82, 2.24) is 5.32 Å². The van der Waals surface area contributed by atoms with Crippen molar-refractivity contribution in [3.8, 4) is 0 Å². The molecule has 0 aliphatic heterocycles. The zero-order valence-electron chi connectivity index (χ0n) is 26.6. The van der Waals surface area contributed by atoms with Gasteiger partial charge in [0.1, 0.15) is 0 Å². The fourth-order valence-electron chi connectivity index (χ4n) is 10.3. The Morgan fingerprint density at radius 1 is 0.952 bits per heavy atom. The van der Waals surface area contributed by atoms with Crippen molar-refractivity contribution in [2.24, 2.45) is 52.3 Å². The number of carbonyl (C=O) groups excluding carboxylic acids is 1. The van der Waals surface area contributed by atoms with Gasteiger partial charge in [0.25, 0.3) is 6.47 Å². The van der Waals surface area contributed by atoms with Crippen molar-refractivity contribution < 1.29 is 34.1 Å². The summed E-state index contributed by atoms with van der Waals surface area (Å²) in [6.07, 6.45) is 15.7. The van der Waals surface area contributed by atoms with Crippen LogP contribution in [0.1, 0.15) is 118 Å². The topological polar surface area (TPSA) is 141 Å². The summed E-state index contributed by atoms with van der Waals surface area (Å²) in [5.74, 6) is 3.80. The molecule has 9 heteroatoms. The van der Waals surface area contributed by atoms with Gasteiger partial charge in [-0.05, 0) is 116 Å². The van der Waals surface area contributed by atoms with Gasteiger partial charge in [0, 0.05) is 31.7 Å². The summed E-state index contributed by atoms with van der Waals surface area (Å²) in [6.45, 7) is 9.83. The minimum absolute atomic E-state index is 0.00169. The van der Waals surface area contributed by atoms with E-state index in [0.717, 1.165) is 36.0 Å².